The Bertz CT molecular complexity index is 1520. The molecule has 0 spiro atoms. The van der Waals surface area contributed by atoms with Crippen molar-refractivity contribution >= 4 is 47.4 Å². The minimum atomic E-state index is -1.20. The van der Waals surface area contributed by atoms with Crippen molar-refractivity contribution in [3.63, 3.8) is 0 Å². The molecule has 17 heteroatoms. The normalized spacial score (nSPS) is 16.0. The van der Waals surface area contributed by atoms with Crippen LogP contribution >= 0.6 is 0 Å². The van der Waals surface area contributed by atoms with E-state index in [0.717, 1.165) is 0 Å². The lowest BCUT2D eigenvalue weighted by Crippen LogP contribution is -2.61. The maximum Gasteiger partial charge on any atom is 0.326 e. The maximum atomic E-state index is 13.9. The smallest absolute Gasteiger partial charge is 0.326 e. The predicted molar refractivity (Wildman–Crippen MR) is 213 cm³/mol. The van der Waals surface area contributed by atoms with Gasteiger partial charge in [-0.2, -0.15) is 0 Å². The molecule has 0 unspecified atom stereocenters. The standard InChI is InChI=1S/C40H65N7O10/c1-10-23(7)32(39(55)44-28(19-21(3)4)37(53)45-31(22(5)6)38(54)47-33(40(56)57)24(8)11-2)46-34(50)25(9)42-36(52)29(20-26-15-13-12-14-16-26)43-35(51)27(41)17-18-30(48)49/h12-16,21-25,27-29,31-33H,10-11,17-20,41H2,1-9H3,(H,42,52)(H,43,51)(H,44,55)(H,45,53)(H,46,50)(H,47,54)(H,48,49)(H,56,57)/t23-,24-,25-,27-,28-,29-,31-,32-,33-/m0/s1. The SMILES string of the molecule is CC[C@H](C)[C@H](NC(=O)[C@@H](NC(=O)[C@H](CC(C)C)NC(=O)[C@@H](NC(=O)[C@H](C)NC(=O)[C@H](Cc1ccccc1)NC(=O)[C@@H](N)CCC(=O)O)[C@@H](C)CC)C(C)C)C(=O)O. The van der Waals surface area contributed by atoms with E-state index in [1.807, 2.05) is 20.8 Å². The largest absolute Gasteiger partial charge is 0.481 e. The molecule has 0 aliphatic carbocycles. The van der Waals surface area contributed by atoms with Crippen LogP contribution in [0.1, 0.15) is 100.0 Å². The topological polar surface area (TPSA) is 275 Å². The predicted octanol–water partition coefficient (Wildman–Crippen LogP) is 1.23. The summed E-state index contributed by atoms with van der Waals surface area (Å²) in [5.41, 5.74) is 6.57. The zero-order chi connectivity index (χ0) is 43.6. The third-order valence-corrected chi connectivity index (χ3v) is 9.83. The average molecular weight is 804 g/mol. The number of benzene rings is 1. The van der Waals surface area contributed by atoms with Crippen molar-refractivity contribution in [1.29, 1.82) is 0 Å². The first kappa shape index (κ1) is 50.0. The first-order valence-electron chi connectivity index (χ1n) is 19.7. The molecule has 17 nitrogen and oxygen atoms in total. The third kappa shape index (κ3) is 17.3. The molecule has 1 rings (SSSR count). The molecule has 0 fully saturated rings. The molecule has 0 aromatic heterocycles. The van der Waals surface area contributed by atoms with Crippen LogP contribution in [-0.2, 0) is 44.8 Å². The molecule has 1 aromatic carbocycles. The number of carboxylic acids is 2. The highest BCUT2D eigenvalue weighted by atomic mass is 16.4. The van der Waals surface area contributed by atoms with E-state index in [2.05, 4.69) is 31.9 Å². The molecule has 0 bridgehead atoms. The number of aliphatic carboxylic acids is 2. The summed E-state index contributed by atoms with van der Waals surface area (Å²) in [6, 6.07) is 0.649. The number of nitrogens with two attached hydrogens (primary N) is 1. The van der Waals surface area contributed by atoms with Crippen LogP contribution in [0, 0.1) is 23.7 Å². The van der Waals surface area contributed by atoms with Gasteiger partial charge in [0.15, 0.2) is 0 Å². The monoisotopic (exact) mass is 803 g/mol. The number of rotatable bonds is 25. The summed E-state index contributed by atoms with van der Waals surface area (Å²) >= 11 is 0. The first-order valence-corrected chi connectivity index (χ1v) is 19.7. The Morgan fingerprint density at radius 1 is 0.596 bits per heavy atom. The summed E-state index contributed by atoms with van der Waals surface area (Å²) < 4.78 is 0. The van der Waals surface area contributed by atoms with Crippen LogP contribution < -0.4 is 37.6 Å². The summed E-state index contributed by atoms with van der Waals surface area (Å²) in [7, 11) is 0. The summed E-state index contributed by atoms with van der Waals surface area (Å²) in [5.74, 6) is -7.84. The van der Waals surface area contributed by atoms with Gasteiger partial charge in [0.25, 0.3) is 0 Å². The molecule has 1 aromatic rings. The fraction of sp³-hybridized carbons (Fsp3) is 0.650. The van der Waals surface area contributed by atoms with E-state index >= 15 is 0 Å². The number of amides is 6. The van der Waals surface area contributed by atoms with Crippen molar-refractivity contribution < 1.29 is 48.6 Å². The molecule has 0 heterocycles. The minimum Gasteiger partial charge on any atom is -0.481 e. The van der Waals surface area contributed by atoms with Gasteiger partial charge in [-0.3, -0.25) is 33.6 Å². The van der Waals surface area contributed by atoms with Crippen LogP contribution in [0.5, 0.6) is 0 Å². The number of hydrogen-bond acceptors (Lipinski definition) is 9. The summed E-state index contributed by atoms with van der Waals surface area (Å²) in [6.45, 7) is 15.5. The quantitative estimate of drug-likeness (QED) is 0.0678. The van der Waals surface area contributed by atoms with Crippen molar-refractivity contribution in [3.05, 3.63) is 35.9 Å². The van der Waals surface area contributed by atoms with Crippen LogP contribution in [0.15, 0.2) is 30.3 Å². The molecule has 320 valence electrons. The molecule has 9 atom stereocenters. The van der Waals surface area contributed by atoms with Gasteiger partial charge in [0.2, 0.25) is 35.4 Å². The second-order valence-corrected chi connectivity index (χ2v) is 15.5. The van der Waals surface area contributed by atoms with Gasteiger partial charge in [0, 0.05) is 12.8 Å². The second kappa shape index (κ2) is 24.5. The fourth-order valence-electron chi connectivity index (χ4n) is 5.79. The van der Waals surface area contributed by atoms with Crippen molar-refractivity contribution in [2.45, 2.75) is 143 Å². The van der Waals surface area contributed by atoms with Crippen LogP contribution in [0.4, 0.5) is 0 Å². The third-order valence-electron chi connectivity index (χ3n) is 9.83. The van der Waals surface area contributed by atoms with Crippen molar-refractivity contribution in [2.75, 3.05) is 0 Å². The van der Waals surface area contributed by atoms with Crippen LogP contribution in [0.2, 0.25) is 0 Å². The van der Waals surface area contributed by atoms with Crippen LogP contribution in [0.3, 0.4) is 0 Å². The minimum absolute atomic E-state index is 0.0347. The number of carboxylic acid groups (broad SMARTS) is 2. The van der Waals surface area contributed by atoms with Gasteiger partial charge in [-0.05, 0) is 49.0 Å². The Kier molecular flexibility index (Phi) is 21.5. The van der Waals surface area contributed by atoms with E-state index in [4.69, 9.17) is 10.8 Å². The zero-order valence-corrected chi connectivity index (χ0v) is 34.7. The molecule has 10 N–H and O–H groups in total. The fourth-order valence-corrected chi connectivity index (χ4v) is 5.79. The molecular formula is C40H65N7O10. The molecule has 0 saturated heterocycles. The average Bonchev–Trinajstić information content (AvgIpc) is 3.15. The summed E-state index contributed by atoms with van der Waals surface area (Å²) in [6.07, 6.45) is 0.654. The number of carbonyl (C=O) groups is 8. The Hall–Kier alpha value is -5.06. The van der Waals surface area contributed by atoms with Crippen molar-refractivity contribution in [3.8, 4) is 0 Å². The van der Waals surface area contributed by atoms with E-state index in [1.54, 1.807) is 65.0 Å². The van der Waals surface area contributed by atoms with Crippen LogP contribution in [-0.4, -0.2) is 99.9 Å². The lowest BCUT2D eigenvalue weighted by atomic mass is 9.95. The second-order valence-electron chi connectivity index (χ2n) is 15.5. The lowest BCUT2D eigenvalue weighted by Gasteiger charge is -2.30. The molecule has 0 saturated carbocycles. The van der Waals surface area contributed by atoms with Gasteiger partial charge >= 0.3 is 11.9 Å². The van der Waals surface area contributed by atoms with E-state index in [0.29, 0.717) is 18.4 Å². The zero-order valence-electron chi connectivity index (χ0n) is 34.7. The van der Waals surface area contributed by atoms with Gasteiger partial charge in [0.1, 0.15) is 36.3 Å². The lowest BCUT2D eigenvalue weighted by molar-refractivity contribution is -0.144. The Balaban J connectivity index is 3.20. The molecule has 57 heavy (non-hydrogen) atoms. The van der Waals surface area contributed by atoms with Crippen LogP contribution in [0.25, 0.3) is 0 Å². The molecule has 6 amide bonds. The Labute approximate surface area is 335 Å². The molecular weight excluding hydrogens is 738 g/mol. The Morgan fingerprint density at radius 2 is 1.09 bits per heavy atom. The molecule has 0 radical (unpaired) electrons. The van der Waals surface area contributed by atoms with Crippen molar-refractivity contribution in [1.82, 2.24) is 31.9 Å². The highest BCUT2D eigenvalue weighted by Gasteiger charge is 2.36. The van der Waals surface area contributed by atoms with E-state index in [9.17, 15) is 43.5 Å². The highest BCUT2D eigenvalue weighted by molar-refractivity contribution is 5.97. The van der Waals surface area contributed by atoms with Gasteiger partial charge in [0.05, 0.1) is 6.04 Å². The van der Waals surface area contributed by atoms with E-state index in [-0.39, 0.29) is 37.5 Å². The summed E-state index contributed by atoms with van der Waals surface area (Å²) in [5, 5.41) is 34.5. The van der Waals surface area contributed by atoms with Gasteiger partial charge < -0.3 is 47.8 Å². The maximum absolute atomic E-state index is 13.9. The molecule has 0 aliphatic rings. The van der Waals surface area contributed by atoms with Gasteiger partial charge in [-0.25, -0.2) is 4.79 Å². The number of carbonyl (C=O) groups excluding carboxylic acids is 6. The van der Waals surface area contributed by atoms with Gasteiger partial charge in [-0.15, -0.1) is 0 Å². The number of nitrogens with one attached hydrogen (secondary N) is 6. The van der Waals surface area contributed by atoms with E-state index in [1.165, 1.54) is 6.92 Å². The Morgan fingerprint density at radius 3 is 1.60 bits per heavy atom. The molecule has 0 aliphatic heterocycles. The number of hydrogen-bond donors (Lipinski definition) is 9. The van der Waals surface area contributed by atoms with Gasteiger partial charge in [-0.1, -0.05) is 98.6 Å². The van der Waals surface area contributed by atoms with E-state index < -0.39 is 102 Å². The van der Waals surface area contributed by atoms with Crippen molar-refractivity contribution in [2.24, 2.45) is 29.4 Å². The summed E-state index contributed by atoms with van der Waals surface area (Å²) in [4.78, 5) is 104. The highest BCUT2D eigenvalue weighted by Crippen LogP contribution is 2.14. The first-order chi connectivity index (χ1) is 26.6.